The summed E-state index contributed by atoms with van der Waals surface area (Å²) in [6.07, 6.45) is 0.900. The first-order valence-electron chi connectivity index (χ1n) is 5.15. The van der Waals surface area contributed by atoms with E-state index in [0.29, 0.717) is 6.54 Å². The van der Waals surface area contributed by atoms with Gasteiger partial charge in [-0.15, -0.1) is 23.7 Å². The smallest absolute Gasteiger partial charge is 0.408 e. The Bertz CT molecular complexity index is 384. The number of nitrogens with two attached hydrogens (primary N) is 1. The highest BCUT2D eigenvalue weighted by molar-refractivity contribution is 7.12. The second-order valence-corrected chi connectivity index (χ2v) is 4.47. The zero-order chi connectivity index (χ0) is 12.7. The minimum Gasteiger partial charge on any atom is -0.445 e. The molecule has 0 spiro atoms. The predicted molar refractivity (Wildman–Crippen MR) is 74.0 cm³/mol. The lowest BCUT2D eigenvalue weighted by Gasteiger charge is -2.14. The molecule has 0 aliphatic heterocycles. The first-order chi connectivity index (χ1) is 8.21. The lowest BCUT2D eigenvalue weighted by atomic mass is 10.2. The maximum absolute atomic E-state index is 11.3. The van der Waals surface area contributed by atoms with Gasteiger partial charge in [0.25, 0.3) is 0 Å². The number of hydrogen-bond acceptors (Lipinski definition) is 5. The van der Waals surface area contributed by atoms with E-state index in [1.54, 1.807) is 0 Å². The number of ether oxygens (including phenoxy) is 1. The Morgan fingerprint density at radius 2 is 2.39 bits per heavy atom. The van der Waals surface area contributed by atoms with Crippen molar-refractivity contribution in [1.29, 1.82) is 0 Å². The van der Waals surface area contributed by atoms with E-state index in [4.69, 9.17) is 10.5 Å². The summed E-state index contributed by atoms with van der Waals surface area (Å²) in [5.74, 6) is 0. The molecule has 1 amide bonds. The summed E-state index contributed by atoms with van der Waals surface area (Å²) in [6, 6.07) is 3.25. The van der Waals surface area contributed by atoms with Gasteiger partial charge in [0, 0.05) is 16.3 Å². The van der Waals surface area contributed by atoms with Crippen LogP contribution in [0.25, 0.3) is 0 Å². The van der Waals surface area contributed by atoms with Crippen molar-refractivity contribution in [3.8, 4) is 0 Å². The fourth-order valence-corrected chi connectivity index (χ4v) is 2.15. The van der Waals surface area contributed by atoms with E-state index < -0.39 is 12.1 Å². The molecule has 0 fully saturated rings. The minimum absolute atomic E-state index is 0. The van der Waals surface area contributed by atoms with E-state index in [1.807, 2.05) is 12.1 Å². The van der Waals surface area contributed by atoms with E-state index in [9.17, 15) is 9.90 Å². The van der Waals surface area contributed by atoms with Crippen molar-refractivity contribution in [3.05, 3.63) is 34.5 Å². The van der Waals surface area contributed by atoms with Crippen LogP contribution in [0, 0.1) is 0 Å². The highest BCUT2D eigenvalue weighted by atomic mass is 35.5. The number of halogens is 1. The fourth-order valence-electron chi connectivity index (χ4n) is 1.22. The van der Waals surface area contributed by atoms with Gasteiger partial charge < -0.3 is 20.9 Å². The Kier molecular flexibility index (Phi) is 8.40. The third-order valence-electron chi connectivity index (χ3n) is 2.03. The summed E-state index contributed by atoms with van der Waals surface area (Å²) in [6.45, 7) is 3.84. The van der Waals surface area contributed by atoms with Crippen molar-refractivity contribution in [2.24, 2.45) is 5.73 Å². The summed E-state index contributed by atoms with van der Waals surface area (Å²) in [7, 11) is 0. The van der Waals surface area contributed by atoms with Gasteiger partial charge in [0.2, 0.25) is 0 Å². The van der Waals surface area contributed by atoms with Gasteiger partial charge in [-0.1, -0.05) is 12.7 Å². The predicted octanol–water partition coefficient (Wildman–Crippen LogP) is 1.57. The molecule has 18 heavy (non-hydrogen) atoms. The quantitative estimate of drug-likeness (QED) is 0.695. The SMILES string of the molecule is C=CCOC(=O)N[C@H](CO)c1ccc(CN)s1.Cl. The number of amides is 1. The fraction of sp³-hybridized carbons (Fsp3) is 0.364. The Morgan fingerprint density at radius 1 is 1.67 bits per heavy atom. The molecule has 1 aromatic heterocycles. The number of carbonyl (C=O) groups is 1. The third kappa shape index (κ3) is 5.05. The average molecular weight is 293 g/mol. The van der Waals surface area contributed by atoms with E-state index in [2.05, 4.69) is 11.9 Å². The number of carbonyl (C=O) groups excluding carboxylic acids is 1. The van der Waals surface area contributed by atoms with E-state index >= 15 is 0 Å². The summed E-state index contributed by atoms with van der Waals surface area (Å²) < 4.78 is 4.78. The van der Waals surface area contributed by atoms with Gasteiger partial charge in [0.05, 0.1) is 12.6 Å². The Hall–Kier alpha value is -1.08. The van der Waals surface area contributed by atoms with Crippen LogP contribution in [0.15, 0.2) is 24.8 Å². The standard InChI is InChI=1S/C11H16N2O3S.ClH/c1-2-5-16-11(15)13-9(7-14)10-4-3-8(6-12)17-10;/h2-4,9,14H,1,5-7,12H2,(H,13,15);1H/t9-;/m1./s1. The number of nitrogens with one attached hydrogen (secondary N) is 1. The van der Waals surface area contributed by atoms with Gasteiger partial charge in [-0.3, -0.25) is 0 Å². The molecular formula is C11H17ClN2O3S. The summed E-state index contributed by atoms with van der Waals surface area (Å²) in [5.41, 5.74) is 5.50. The number of aliphatic hydroxyl groups is 1. The highest BCUT2D eigenvalue weighted by Crippen LogP contribution is 2.22. The molecular weight excluding hydrogens is 276 g/mol. The van der Waals surface area contributed by atoms with E-state index in [0.717, 1.165) is 9.75 Å². The van der Waals surface area contributed by atoms with Crippen molar-refractivity contribution >= 4 is 29.8 Å². The van der Waals surface area contributed by atoms with Crippen LogP contribution in [0.4, 0.5) is 4.79 Å². The van der Waals surface area contributed by atoms with Gasteiger partial charge in [-0.05, 0) is 12.1 Å². The molecule has 0 aliphatic rings. The van der Waals surface area contributed by atoms with Crippen LogP contribution < -0.4 is 11.1 Å². The second kappa shape index (κ2) is 8.93. The van der Waals surface area contributed by atoms with Gasteiger partial charge in [0.1, 0.15) is 6.61 Å². The highest BCUT2D eigenvalue weighted by Gasteiger charge is 2.16. The number of alkyl carbamates (subject to hydrolysis) is 1. The molecule has 0 saturated heterocycles. The number of rotatable bonds is 6. The van der Waals surface area contributed by atoms with Crippen molar-refractivity contribution in [2.75, 3.05) is 13.2 Å². The first-order valence-corrected chi connectivity index (χ1v) is 5.96. The van der Waals surface area contributed by atoms with E-state index in [1.165, 1.54) is 17.4 Å². The van der Waals surface area contributed by atoms with Crippen molar-refractivity contribution in [3.63, 3.8) is 0 Å². The molecule has 1 atom stereocenters. The van der Waals surface area contributed by atoms with Crippen LogP contribution in [0.5, 0.6) is 0 Å². The molecule has 0 aromatic carbocycles. The topological polar surface area (TPSA) is 84.6 Å². The molecule has 0 bridgehead atoms. The molecule has 0 saturated carbocycles. The molecule has 0 aliphatic carbocycles. The first kappa shape index (κ1) is 16.9. The van der Waals surface area contributed by atoms with Crippen LogP contribution in [0.3, 0.4) is 0 Å². The average Bonchev–Trinajstić information content (AvgIpc) is 2.82. The van der Waals surface area contributed by atoms with Crippen LogP contribution >= 0.6 is 23.7 Å². The van der Waals surface area contributed by atoms with Crippen molar-refractivity contribution in [2.45, 2.75) is 12.6 Å². The lowest BCUT2D eigenvalue weighted by molar-refractivity contribution is 0.146. The monoisotopic (exact) mass is 292 g/mol. The third-order valence-corrected chi connectivity index (χ3v) is 3.26. The van der Waals surface area contributed by atoms with Crippen LogP contribution in [-0.4, -0.2) is 24.4 Å². The Morgan fingerprint density at radius 3 is 2.89 bits per heavy atom. The van der Waals surface area contributed by atoms with Crippen molar-refractivity contribution in [1.82, 2.24) is 5.32 Å². The minimum atomic E-state index is -0.577. The molecule has 7 heteroatoms. The molecule has 1 heterocycles. The second-order valence-electron chi connectivity index (χ2n) is 3.27. The van der Waals surface area contributed by atoms with Gasteiger partial charge in [-0.25, -0.2) is 4.79 Å². The molecule has 1 aromatic rings. The van der Waals surface area contributed by atoms with E-state index in [-0.39, 0.29) is 25.6 Å². The molecule has 4 N–H and O–H groups in total. The van der Waals surface area contributed by atoms with Crippen molar-refractivity contribution < 1.29 is 14.6 Å². The maximum Gasteiger partial charge on any atom is 0.408 e. The van der Waals surface area contributed by atoms with Gasteiger partial charge in [0.15, 0.2) is 0 Å². The maximum atomic E-state index is 11.3. The van der Waals surface area contributed by atoms with Gasteiger partial charge in [-0.2, -0.15) is 0 Å². The zero-order valence-corrected chi connectivity index (χ0v) is 11.4. The van der Waals surface area contributed by atoms with Crippen LogP contribution in [-0.2, 0) is 11.3 Å². The molecule has 0 unspecified atom stereocenters. The number of aliphatic hydroxyl groups excluding tert-OH is 1. The number of thiophene rings is 1. The summed E-state index contributed by atoms with van der Waals surface area (Å²) in [4.78, 5) is 13.2. The van der Waals surface area contributed by atoms with Crippen LogP contribution in [0.1, 0.15) is 15.8 Å². The lowest BCUT2D eigenvalue weighted by Crippen LogP contribution is -2.30. The van der Waals surface area contributed by atoms with Gasteiger partial charge >= 0.3 is 6.09 Å². The summed E-state index contributed by atoms with van der Waals surface area (Å²) >= 11 is 1.46. The summed E-state index contributed by atoms with van der Waals surface area (Å²) in [5, 5.41) is 11.8. The largest absolute Gasteiger partial charge is 0.445 e. The Labute approximate surface area is 116 Å². The Balaban J connectivity index is 0.00000289. The normalized spacial score (nSPS) is 11.2. The molecule has 102 valence electrons. The molecule has 5 nitrogen and oxygen atoms in total. The molecule has 1 rings (SSSR count). The molecule has 0 radical (unpaired) electrons. The number of hydrogen-bond donors (Lipinski definition) is 3. The van der Waals surface area contributed by atoms with Crippen LogP contribution in [0.2, 0.25) is 0 Å². The zero-order valence-electron chi connectivity index (χ0n) is 9.80.